The zero-order valence-corrected chi connectivity index (χ0v) is 13.8. The minimum Gasteiger partial charge on any atom is -0.268 e. The van der Waals surface area contributed by atoms with Crippen LogP contribution < -0.4 is 0 Å². The smallest absolute Gasteiger partial charge is 0.264 e. The van der Waals surface area contributed by atoms with Gasteiger partial charge in [-0.15, -0.1) is 6.58 Å². The van der Waals surface area contributed by atoms with Crippen molar-refractivity contribution in [1.29, 1.82) is 0 Å². The molecular formula is C14H23ClN2O2S. The minimum absolute atomic E-state index is 0.218. The van der Waals surface area contributed by atoms with E-state index in [1.165, 1.54) is 0 Å². The van der Waals surface area contributed by atoms with Gasteiger partial charge in [0.15, 0.2) is 0 Å². The summed E-state index contributed by atoms with van der Waals surface area (Å²) in [5.41, 5.74) is 1.29. The van der Waals surface area contributed by atoms with Gasteiger partial charge in [-0.2, -0.15) is 5.10 Å². The van der Waals surface area contributed by atoms with Gasteiger partial charge in [-0.3, -0.25) is 4.68 Å². The normalized spacial score (nSPS) is 11.8. The average Bonchev–Trinajstić information content (AvgIpc) is 2.76. The van der Waals surface area contributed by atoms with Crippen LogP contribution in [0.15, 0.2) is 17.6 Å². The molecule has 0 aromatic carbocycles. The maximum atomic E-state index is 11.7. The first-order valence-corrected chi connectivity index (χ1v) is 9.40. The molecule has 20 heavy (non-hydrogen) atoms. The number of halogens is 1. The summed E-state index contributed by atoms with van der Waals surface area (Å²) >= 11 is 0. The van der Waals surface area contributed by atoms with Crippen LogP contribution in [0.2, 0.25) is 0 Å². The highest BCUT2D eigenvalue weighted by Crippen LogP contribution is 2.25. The Bertz CT molecular complexity index is 550. The molecule has 0 aliphatic heterocycles. The fourth-order valence-corrected chi connectivity index (χ4v) is 3.84. The highest BCUT2D eigenvalue weighted by atomic mass is 35.7. The SMILES string of the molecule is C=CCCCCCn1nc(CC)c(S(=O)(=O)Cl)c1CC. The van der Waals surface area contributed by atoms with Crippen LogP contribution >= 0.6 is 10.7 Å². The van der Waals surface area contributed by atoms with Gasteiger partial charge in [0.05, 0.1) is 11.4 Å². The lowest BCUT2D eigenvalue weighted by molar-refractivity contribution is 0.524. The molecule has 1 aromatic heterocycles. The maximum absolute atomic E-state index is 11.7. The summed E-state index contributed by atoms with van der Waals surface area (Å²) in [6.45, 7) is 8.25. The highest BCUT2D eigenvalue weighted by Gasteiger charge is 2.25. The molecule has 0 unspecified atom stereocenters. The Labute approximate surface area is 126 Å². The first kappa shape index (κ1) is 17.2. The zero-order valence-electron chi connectivity index (χ0n) is 12.2. The van der Waals surface area contributed by atoms with Gasteiger partial charge in [0.1, 0.15) is 4.90 Å². The van der Waals surface area contributed by atoms with Crippen LogP contribution in [-0.4, -0.2) is 18.2 Å². The fraction of sp³-hybridized carbons (Fsp3) is 0.643. The summed E-state index contributed by atoms with van der Waals surface area (Å²) in [5.74, 6) is 0. The van der Waals surface area contributed by atoms with E-state index in [0.717, 1.165) is 37.9 Å². The van der Waals surface area contributed by atoms with Crippen LogP contribution in [0.3, 0.4) is 0 Å². The average molecular weight is 319 g/mol. The second-order valence-corrected chi connectivity index (χ2v) is 7.23. The number of allylic oxidation sites excluding steroid dienone is 1. The second kappa shape index (κ2) is 7.84. The molecule has 0 spiro atoms. The van der Waals surface area contributed by atoms with Crippen molar-refractivity contribution in [1.82, 2.24) is 9.78 Å². The number of aryl methyl sites for hydroxylation is 2. The van der Waals surface area contributed by atoms with Gasteiger partial charge >= 0.3 is 0 Å². The number of unbranched alkanes of at least 4 members (excludes halogenated alkanes) is 3. The summed E-state index contributed by atoms with van der Waals surface area (Å²) in [7, 11) is 1.82. The molecule has 0 amide bonds. The molecule has 0 aliphatic rings. The Morgan fingerprint density at radius 1 is 1.25 bits per heavy atom. The molecule has 0 bridgehead atoms. The lowest BCUT2D eigenvalue weighted by atomic mass is 10.2. The van der Waals surface area contributed by atoms with Crippen molar-refractivity contribution in [2.75, 3.05) is 0 Å². The van der Waals surface area contributed by atoms with E-state index in [4.69, 9.17) is 10.7 Å². The summed E-state index contributed by atoms with van der Waals surface area (Å²) in [5, 5.41) is 4.42. The van der Waals surface area contributed by atoms with Gasteiger partial charge in [-0.05, 0) is 32.1 Å². The van der Waals surface area contributed by atoms with Crippen molar-refractivity contribution >= 4 is 19.7 Å². The van der Waals surface area contributed by atoms with Gasteiger partial charge < -0.3 is 0 Å². The molecule has 0 N–H and O–H groups in total. The van der Waals surface area contributed by atoms with Crippen molar-refractivity contribution in [3.63, 3.8) is 0 Å². The first-order chi connectivity index (χ1) is 9.45. The van der Waals surface area contributed by atoms with Gasteiger partial charge in [-0.1, -0.05) is 26.3 Å². The minimum atomic E-state index is -3.73. The van der Waals surface area contributed by atoms with Crippen LogP contribution in [0.1, 0.15) is 50.9 Å². The number of nitrogens with zero attached hydrogens (tertiary/aromatic N) is 2. The molecular weight excluding hydrogens is 296 g/mol. The number of hydrogen-bond acceptors (Lipinski definition) is 3. The quantitative estimate of drug-likeness (QED) is 0.396. The maximum Gasteiger partial charge on any atom is 0.264 e. The Balaban J connectivity index is 2.92. The standard InChI is InChI=1S/C14H23ClN2O2S/c1-4-7-8-9-10-11-17-13(6-3)14(20(15,18)19)12(5-2)16-17/h4H,1,5-11H2,2-3H3. The third kappa shape index (κ3) is 4.35. The molecule has 0 fully saturated rings. The van der Waals surface area contributed by atoms with E-state index in [2.05, 4.69) is 11.7 Å². The third-order valence-corrected chi connectivity index (χ3v) is 4.69. The second-order valence-electron chi connectivity index (χ2n) is 4.73. The first-order valence-electron chi connectivity index (χ1n) is 7.09. The van der Waals surface area contributed by atoms with Gasteiger partial charge in [0, 0.05) is 17.2 Å². The molecule has 1 rings (SSSR count). The molecule has 0 atom stereocenters. The van der Waals surface area contributed by atoms with Crippen molar-refractivity contribution in [2.45, 2.75) is 63.8 Å². The van der Waals surface area contributed by atoms with Gasteiger partial charge in [-0.25, -0.2) is 8.42 Å². The predicted molar refractivity (Wildman–Crippen MR) is 82.7 cm³/mol. The molecule has 0 saturated heterocycles. The topological polar surface area (TPSA) is 52.0 Å². The number of hydrogen-bond donors (Lipinski definition) is 0. The molecule has 0 saturated carbocycles. The van der Waals surface area contributed by atoms with Crippen molar-refractivity contribution < 1.29 is 8.42 Å². The van der Waals surface area contributed by atoms with E-state index in [0.29, 0.717) is 18.5 Å². The zero-order chi connectivity index (χ0) is 15.2. The van der Waals surface area contributed by atoms with Crippen LogP contribution in [0.25, 0.3) is 0 Å². The van der Waals surface area contributed by atoms with Crippen molar-refractivity contribution in [3.8, 4) is 0 Å². The molecule has 114 valence electrons. The fourth-order valence-electron chi connectivity index (χ4n) is 2.30. The molecule has 0 aliphatic carbocycles. The van der Waals surface area contributed by atoms with Crippen LogP contribution in [-0.2, 0) is 28.4 Å². The van der Waals surface area contributed by atoms with Crippen molar-refractivity contribution in [3.05, 3.63) is 24.0 Å². The third-order valence-electron chi connectivity index (χ3n) is 3.27. The molecule has 4 nitrogen and oxygen atoms in total. The predicted octanol–water partition coefficient (Wildman–Crippen LogP) is 3.68. The van der Waals surface area contributed by atoms with Gasteiger partial charge in [0.2, 0.25) is 0 Å². The summed E-state index contributed by atoms with van der Waals surface area (Å²) in [6, 6.07) is 0. The summed E-state index contributed by atoms with van der Waals surface area (Å²) < 4.78 is 25.3. The lowest BCUT2D eigenvalue weighted by Gasteiger charge is -2.06. The highest BCUT2D eigenvalue weighted by molar-refractivity contribution is 8.13. The van der Waals surface area contributed by atoms with E-state index in [1.807, 2.05) is 24.6 Å². The Kier molecular flexibility index (Phi) is 6.76. The molecule has 1 aromatic rings. The van der Waals surface area contributed by atoms with E-state index in [1.54, 1.807) is 0 Å². The Morgan fingerprint density at radius 2 is 1.95 bits per heavy atom. The summed E-state index contributed by atoms with van der Waals surface area (Å²) in [4.78, 5) is 0.218. The summed E-state index contributed by atoms with van der Waals surface area (Å²) in [6.07, 6.45) is 7.28. The Hall–Kier alpha value is -0.810. The number of rotatable bonds is 9. The molecule has 0 radical (unpaired) electrons. The monoisotopic (exact) mass is 318 g/mol. The van der Waals surface area contributed by atoms with E-state index < -0.39 is 9.05 Å². The largest absolute Gasteiger partial charge is 0.268 e. The van der Waals surface area contributed by atoms with E-state index >= 15 is 0 Å². The number of aromatic nitrogens is 2. The van der Waals surface area contributed by atoms with Gasteiger partial charge in [0.25, 0.3) is 9.05 Å². The molecule has 1 heterocycles. The van der Waals surface area contributed by atoms with Crippen LogP contribution in [0, 0.1) is 0 Å². The van der Waals surface area contributed by atoms with Crippen LogP contribution in [0.5, 0.6) is 0 Å². The van der Waals surface area contributed by atoms with E-state index in [9.17, 15) is 8.42 Å². The molecule has 6 heteroatoms. The van der Waals surface area contributed by atoms with Crippen LogP contribution in [0.4, 0.5) is 0 Å². The van der Waals surface area contributed by atoms with Crippen molar-refractivity contribution in [2.24, 2.45) is 0 Å². The Morgan fingerprint density at radius 3 is 2.45 bits per heavy atom. The van der Waals surface area contributed by atoms with E-state index in [-0.39, 0.29) is 4.90 Å². The lowest BCUT2D eigenvalue weighted by Crippen LogP contribution is -2.06.